The summed E-state index contributed by atoms with van der Waals surface area (Å²) in [6.45, 7) is 5.18. The maximum atomic E-state index is 12.0. The van der Waals surface area contributed by atoms with Crippen LogP contribution in [-0.2, 0) is 29.0 Å². The first-order chi connectivity index (χ1) is 11.6. The molecule has 1 aliphatic heterocycles. The molecular formula is C17H20N2O5. The van der Waals surface area contributed by atoms with Gasteiger partial charge < -0.3 is 18.7 Å². The van der Waals surface area contributed by atoms with Gasteiger partial charge in [-0.25, -0.2) is 0 Å². The van der Waals surface area contributed by atoms with Crippen molar-refractivity contribution in [1.29, 1.82) is 0 Å². The molecule has 0 atom stereocenters. The molecule has 0 saturated heterocycles. The van der Waals surface area contributed by atoms with Gasteiger partial charge in [0, 0.05) is 6.42 Å². The Balaban J connectivity index is 1.51. The average molecular weight is 332 g/mol. The van der Waals surface area contributed by atoms with E-state index in [4.69, 9.17) is 18.7 Å². The predicted molar refractivity (Wildman–Crippen MR) is 83.8 cm³/mol. The number of hydrogen-bond donors (Lipinski definition) is 0. The first-order valence-electron chi connectivity index (χ1n) is 7.96. The number of benzene rings is 1. The molecule has 0 bridgehead atoms. The van der Waals surface area contributed by atoms with Crippen LogP contribution in [0.1, 0.15) is 31.1 Å². The summed E-state index contributed by atoms with van der Waals surface area (Å²) in [4.78, 5) is 16.1. The standard InChI is InChI=1S/C17H20N2O5/c1-11(2)7-15-18-16(24-19-15)10-23-17(20)9-12-3-4-13-14(8-12)22-6-5-21-13/h3-4,8,11H,5-7,9-10H2,1-2H3. The Bertz CT molecular complexity index is 711. The van der Waals surface area contributed by atoms with Crippen LogP contribution in [0, 0.1) is 5.92 Å². The monoisotopic (exact) mass is 332 g/mol. The van der Waals surface area contributed by atoms with Crippen molar-refractivity contribution in [2.45, 2.75) is 33.3 Å². The van der Waals surface area contributed by atoms with E-state index in [-0.39, 0.29) is 19.0 Å². The lowest BCUT2D eigenvalue weighted by Gasteiger charge is -2.18. The molecular weight excluding hydrogens is 312 g/mol. The average Bonchev–Trinajstić information content (AvgIpc) is 2.99. The summed E-state index contributed by atoms with van der Waals surface area (Å²) in [5, 5.41) is 3.86. The Labute approximate surface area is 139 Å². The number of fused-ring (bicyclic) bond motifs is 1. The van der Waals surface area contributed by atoms with E-state index < -0.39 is 0 Å². The van der Waals surface area contributed by atoms with Gasteiger partial charge in [-0.15, -0.1) is 0 Å². The van der Waals surface area contributed by atoms with Crippen molar-refractivity contribution in [1.82, 2.24) is 10.1 Å². The number of hydrogen-bond acceptors (Lipinski definition) is 7. The van der Waals surface area contributed by atoms with Crippen molar-refractivity contribution in [2.75, 3.05) is 13.2 Å². The summed E-state index contributed by atoms with van der Waals surface area (Å²) in [5.74, 6) is 2.36. The molecule has 24 heavy (non-hydrogen) atoms. The zero-order chi connectivity index (χ0) is 16.9. The highest BCUT2D eigenvalue weighted by Gasteiger charge is 2.15. The van der Waals surface area contributed by atoms with Gasteiger partial charge in [0.2, 0.25) is 0 Å². The summed E-state index contributed by atoms with van der Waals surface area (Å²) in [6.07, 6.45) is 0.873. The highest BCUT2D eigenvalue weighted by Crippen LogP contribution is 2.30. The Kier molecular flexibility index (Phi) is 4.98. The van der Waals surface area contributed by atoms with Gasteiger partial charge >= 0.3 is 5.97 Å². The molecule has 0 unspecified atom stereocenters. The van der Waals surface area contributed by atoms with Crippen LogP contribution in [0.15, 0.2) is 22.7 Å². The molecule has 0 saturated carbocycles. The van der Waals surface area contributed by atoms with Gasteiger partial charge in [0.15, 0.2) is 23.9 Å². The molecule has 1 aliphatic rings. The predicted octanol–water partition coefficient (Wildman–Crippen LogP) is 2.33. The van der Waals surface area contributed by atoms with Crippen molar-refractivity contribution >= 4 is 5.97 Å². The molecule has 0 radical (unpaired) electrons. The van der Waals surface area contributed by atoms with E-state index in [0.29, 0.717) is 42.3 Å². The first kappa shape index (κ1) is 16.3. The molecule has 0 fully saturated rings. The minimum absolute atomic E-state index is 0.0194. The zero-order valence-electron chi connectivity index (χ0n) is 13.8. The topological polar surface area (TPSA) is 83.7 Å². The number of aromatic nitrogens is 2. The first-order valence-corrected chi connectivity index (χ1v) is 7.96. The maximum absolute atomic E-state index is 12.0. The fraction of sp³-hybridized carbons (Fsp3) is 0.471. The minimum Gasteiger partial charge on any atom is -0.486 e. The van der Waals surface area contributed by atoms with Crippen LogP contribution in [-0.4, -0.2) is 29.3 Å². The lowest BCUT2D eigenvalue weighted by Crippen LogP contribution is -2.16. The second-order valence-electron chi connectivity index (χ2n) is 6.02. The Morgan fingerprint density at radius 2 is 2.04 bits per heavy atom. The summed E-state index contributed by atoms with van der Waals surface area (Å²) in [6, 6.07) is 5.42. The Morgan fingerprint density at radius 1 is 1.25 bits per heavy atom. The van der Waals surface area contributed by atoms with E-state index in [1.807, 2.05) is 6.07 Å². The number of carbonyl (C=O) groups is 1. The molecule has 0 N–H and O–H groups in total. The number of rotatable bonds is 6. The van der Waals surface area contributed by atoms with Crippen LogP contribution < -0.4 is 9.47 Å². The normalized spacial score (nSPS) is 13.1. The number of esters is 1. The van der Waals surface area contributed by atoms with E-state index in [9.17, 15) is 4.79 Å². The fourth-order valence-corrected chi connectivity index (χ4v) is 2.35. The SMILES string of the molecule is CC(C)Cc1noc(COC(=O)Cc2ccc3c(c2)OCCO3)n1. The van der Waals surface area contributed by atoms with E-state index in [1.54, 1.807) is 12.1 Å². The van der Waals surface area contributed by atoms with Gasteiger partial charge in [-0.1, -0.05) is 25.1 Å². The van der Waals surface area contributed by atoms with Crippen molar-refractivity contribution in [3.63, 3.8) is 0 Å². The van der Waals surface area contributed by atoms with Crippen LogP contribution >= 0.6 is 0 Å². The largest absolute Gasteiger partial charge is 0.486 e. The van der Waals surface area contributed by atoms with Gasteiger partial charge in [0.05, 0.1) is 6.42 Å². The van der Waals surface area contributed by atoms with Crippen LogP contribution in [0.5, 0.6) is 11.5 Å². The Hall–Kier alpha value is -2.57. The number of nitrogens with zero attached hydrogens (tertiary/aromatic N) is 2. The van der Waals surface area contributed by atoms with E-state index in [2.05, 4.69) is 24.0 Å². The summed E-state index contributed by atoms with van der Waals surface area (Å²) in [5.41, 5.74) is 0.801. The van der Waals surface area contributed by atoms with E-state index in [0.717, 1.165) is 12.0 Å². The van der Waals surface area contributed by atoms with E-state index in [1.165, 1.54) is 0 Å². The summed E-state index contributed by atoms with van der Waals surface area (Å²) >= 11 is 0. The van der Waals surface area contributed by atoms with Gasteiger partial charge in [-0.3, -0.25) is 4.79 Å². The van der Waals surface area contributed by atoms with Gasteiger partial charge in [0.1, 0.15) is 13.2 Å². The van der Waals surface area contributed by atoms with Gasteiger partial charge in [0.25, 0.3) is 5.89 Å². The molecule has 1 aromatic heterocycles. The smallest absolute Gasteiger partial charge is 0.310 e. The molecule has 0 spiro atoms. The lowest BCUT2D eigenvalue weighted by atomic mass is 10.1. The summed E-state index contributed by atoms with van der Waals surface area (Å²) in [7, 11) is 0. The van der Waals surface area contributed by atoms with E-state index >= 15 is 0 Å². The molecule has 7 nitrogen and oxygen atoms in total. The highest BCUT2D eigenvalue weighted by atomic mass is 16.6. The number of carbonyl (C=O) groups excluding carboxylic acids is 1. The van der Waals surface area contributed by atoms with Gasteiger partial charge in [-0.2, -0.15) is 4.98 Å². The van der Waals surface area contributed by atoms with Crippen LogP contribution in [0.25, 0.3) is 0 Å². The third-order valence-electron chi connectivity index (χ3n) is 3.41. The highest BCUT2D eigenvalue weighted by molar-refractivity contribution is 5.72. The molecule has 0 aliphatic carbocycles. The molecule has 2 heterocycles. The number of ether oxygens (including phenoxy) is 3. The molecule has 7 heteroatoms. The van der Waals surface area contributed by atoms with Crippen molar-refractivity contribution in [2.24, 2.45) is 5.92 Å². The van der Waals surface area contributed by atoms with Crippen LogP contribution in [0.4, 0.5) is 0 Å². The van der Waals surface area contributed by atoms with Crippen molar-refractivity contribution in [3.05, 3.63) is 35.5 Å². The minimum atomic E-state index is -0.365. The lowest BCUT2D eigenvalue weighted by molar-refractivity contribution is -0.144. The molecule has 3 rings (SSSR count). The fourth-order valence-electron chi connectivity index (χ4n) is 2.35. The summed E-state index contributed by atoms with van der Waals surface area (Å²) < 4.78 is 21.2. The Morgan fingerprint density at radius 3 is 2.83 bits per heavy atom. The quantitative estimate of drug-likeness (QED) is 0.751. The third-order valence-corrected chi connectivity index (χ3v) is 3.41. The second-order valence-corrected chi connectivity index (χ2v) is 6.02. The van der Waals surface area contributed by atoms with Crippen molar-refractivity contribution < 1.29 is 23.5 Å². The molecule has 1 aromatic carbocycles. The van der Waals surface area contributed by atoms with Crippen LogP contribution in [0.3, 0.4) is 0 Å². The maximum Gasteiger partial charge on any atom is 0.310 e. The second kappa shape index (κ2) is 7.33. The molecule has 0 amide bonds. The van der Waals surface area contributed by atoms with Gasteiger partial charge in [-0.05, 0) is 23.6 Å². The molecule has 128 valence electrons. The zero-order valence-corrected chi connectivity index (χ0v) is 13.8. The van der Waals surface area contributed by atoms with Crippen molar-refractivity contribution in [3.8, 4) is 11.5 Å². The molecule has 2 aromatic rings. The third kappa shape index (κ3) is 4.24. The van der Waals surface area contributed by atoms with Crippen LogP contribution in [0.2, 0.25) is 0 Å².